The van der Waals surface area contributed by atoms with Crippen LogP contribution in [-0.4, -0.2) is 36.4 Å². The monoisotopic (exact) mass is 600 g/mol. The Morgan fingerprint density at radius 2 is 1.25 bits per heavy atom. The van der Waals surface area contributed by atoms with Gasteiger partial charge in [-0.15, -0.1) is 0 Å². The van der Waals surface area contributed by atoms with Crippen LogP contribution in [0.5, 0.6) is 0 Å². The fourth-order valence-corrected chi connectivity index (χ4v) is 9.36. The van der Waals surface area contributed by atoms with Gasteiger partial charge in [0.25, 0.3) is 20.2 Å². The van der Waals surface area contributed by atoms with E-state index in [0.29, 0.717) is 23.1 Å². The van der Waals surface area contributed by atoms with E-state index in [0.717, 1.165) is 29.6 Å². The molecule has 0 aliphatic rings. The van der Waals surface area contributed by atoms with Crippen molar-refractivity contribution < 1.29 is 25.9 Å². The highest BCUT2D eigenvalue weighted by Crippen LogP contribution is 2.41. The largest absolute Gasteiger partial charge is 0.285 e. The molecule has 0 spiro atoms. The molecule has 0 fully saturated rings. The minimum atomic E-state index is -4.50. The van der Waals surface area contributed by atoms with Crippen molar-refractivity contribution in [3.8, 4) is 0 Å². The molecule has 0 aliphatic carbocycles. The normalized spacial score (nSPS) is 19.9. The van der Waals surface area contributed by atoms with Crippen LogP contribution in [0.3, 0.4) is 0 Å². The van der Waals surface area contributed by atoms with Gasteiger partial charge in [0.2, 0.25) is 0 Å². The molecular weight excluding hydrogens is 544 g/mol. The van der Waals surface area contributed by atoms with Crippen molar-refractivity contribution in [3.63, 3.8) is 0 Å². The van der Waals surface area contributed by atoms with Crippen LogP contribution in [0.1, 0.15) is 95.4 Å². The van der Waals surface area contributed by atoms with Crippen molar-refractivity contribution in [1.82, 2.24) is 0 Å². The first-order chi connectivity index (χ1) is 18.1. The zero-order chi connectivity index (χ0) is 31.9. The van der Waals surface area contributed by atoms with Crippen molar-refractivity contribution in [1.29, 1.82) is 0 Å². The lowest BCUT2D eigenvalue weighted by Crippen LogP contribution is -2.38. The molecule has 0 amide bonds. The molecule has 8 unspecified atom stereocenters. The SMILES string of the molecule is C=C(C)C(CC)/C(=C(/C)C(/C(C)=C/C(C)C(C(=C)C)C(CC)C(C)C(C(=C)C)S(=O)(=O)O)S(=O)(=O)O)C(C)CC. The summed E-state index contributed by atoms with van der Waals surface area (Å²) in [6.07, 6.45) is 4.08. The summed E-state index contributed by atoms with van der Waals surface area (Å²) in [4.78, 5) is 0. The Bertz CT molecular complexity index is 1190. The molecule has 6 nitrogen and oxygen atoms in total. The lowest BCUT2D eigenvalue weighted by atomic mass is 9.69. The molecule has 0 saturated carbocycles. The third-order valence-electron chi connectivity index (χ3n) is 8.64. The summed E-state index contributed by atoms with van der Waals surface area (Å²) >= 11 is 0. The van der Waals surface area contributed by atoms with E-state index >= 15 is 0 Å². The molecular formula is C32H56O6S2. The van der Waals surface area contributed by atoms with Crippen molar-refractivity contribution in [2.45, 2.75) is 106 Å². The predicted octanol–water partition coefficient (Wildman–Crippen LogP) is 8.48. The van der Waals surface area contributed by atoms with E-state index < -0.39 is 36.7 Å². The molecule has 0 bridgehead atoms. The summed E-state index contributed by atoms with van der Waals surface area (Å²) in [5.74, 6) is -1.000. The van der Waals surface area contributed by atoms with Gasteiger partial charge in [-0.3, -0.25) is 9.11 Å². The smallest absolute Gasteiger partial charge is 0.275 e. The van der Waals surface area contributed by atoms with Crippen molar-refractivity contribution in [2.24, 2.45) is 35.5 Å². The maximum absolute atomic E-state index is 12.9. The van der Waals surface area contributed by atoms with Crippen LogP contribution in [0, 0.1) is 35.5 Å². The first-order valence-corrected chi connectivity index (χ1v) is 17.4. The highest BCUT2D eigenvalue weighted by molar-refractivity contribution is 7.87. The molecule has 40 heavy (non-hydrogen) atoms. The summed E-state index contributed by atoms with van der Waals surface area (Å²) < 4.78 is 70.8. The van der Waals surface area contributed by atoms with E-state index in [1.54, 1.807) is 27.7 Å². The van der Waals surface area contributed by atoms with Crippen LogP contribution >= 0.6 is 0 Å². The summed E-state index contributed by atoms with van der Waals surface area (Å²) in [7, 11) is -8.88. The lowest BCUT2D eigenvalue weighted by molar-refractivity contribution is 0.221. The minimum absolute atomic E-state index is 0.00239. The zero-order valence-corrected chi connectivity index (χ0v) is 28.4. The van der Waals surface area contributed by atoms with Gasteiger partial charge in [0.05, 0.1) is 0 Å². The minimum Gasteiger partial charge on any atom is -0.285 e. The molecule has 0 aromatic rings. The van der Waals surface area contributed by atoms with E-state index in [-0.39, 0.29) is 29.6 Å². The second-order valence-corrected chi connectivity index (χ2v) is 15.0. The van der Waals surface area contributed by atoms with Gasteiger partial charge >= 0.3 is 0 Å². The third kappa shape index (κ3) is 9.81. The second-order valence-electron chi connectivity index (χ2n) is 12.0. The van der Waals surface area contributed by atoms with E-state index in [1.807, 2.05) is 33.8 Å². The Kier molecular flexibility index (Phi) is 15.1. The number of allylic oxidation sites excluding steroid dienone is 4. The van der Waals surface area contributed by atoms with Gasteiger partial charge in [-0.2, -0.15) is 16.8 Å². The summed E-state index contributed by atoms with van der Waals surface area (Å²) in [6, 6.07) is 0. The Morgan fingerprint density at radius 3 is 1.55 bits per heavy atom. The van der Waals surface area contributed by atoms with Crippen molar-refractivity contribution >= 4 is 20.2 Å². The number of hydrogen-bond acceptors (Lipinski definition) is 4. The van der Waals surface area contributed by atoms with E-state index in [9.17, 15) is 25.9 Å². The Balaban J connectivity index is 7.11. The molecule has 232 valence electrons. The Hall–Kier alpha value is -1.48. The molecule has 0 aromatic heterocycles. The van der Waals surface area contributed by atoms with E-state index in [2.05, 4.69) is 40.5 Å². The molecule has 8 heteroatoms. The maximum atomic E-state index is 12.9. The van der Waals surface area contributed by atoms with E-state index in [1.165, 1.54) is 0 Å². The van der Waals surface area contributed by atoms with E-state index in [4.69, 9.17) is 0 Å². The summed E-state index contributed by atoms with van der Waals surface area (Å²) in [6.45, 7) is 33.0. The van der Waals surface area contributed by atoms with Crippen LogP contribution < -0.4 is 0 Å². The Labute approximate surface area is 246 Å². The zero-order valence-electron chi connectivity index (χ0n) is 26.8. The topological polar surface area (TPSA) is 109 Å². The second kappa shape index (κ2) is 15.7. The van der Waals surface area contributed by atoms with Gasteiger partial charge < -0.3 is 0 Å². The molecule has 2 N–H and O–H groups in total. The molecule has 8 atom stereocenters. The predicted molar refractivity (Wildman–Crippen MR) is 170 cm³/mol. The number of rotatable bonds is 17. The van der Waals surface area contributed by atoms with Crippen LogP contribution in [0.2, 0.25) is 0 Å². The summed E-state index contributed by atoms with van der Waals surface area (Å²) in [5, 5.41) is -2.34. The van der Waals surface area contributed by atoms with Gasteiger partial charge in [-0.1, -0.05) is 102 Å². The van der Waals surface area contributed by atoms with Crippen LogP contribution in [-0.2, 0) is 20.2 Å². The van der Waals surface area contributed by atoms with Gasteiger partial charge in [0, 0.05) is 5.92 Å². The van der Waals surface area contributed by atoms with Crippen LogP contribution in [0.25, 0.3) is 0 Å². The summed E-state index contributed by atoms with van der Waals surface area (Å²) in [5.41, 5.74) is 4.26. The average molecular weight is 601 g/mol. The fraction of sp³-hybridized carbons (Fsp3) is 0.688. The third-order valence-corrected chi connectivity index (χ3v) is 11.4. The van der Waals surface area contributed by atoms with Crippen molar-refractivity contribution in [3.05, 3.63) is 59.3 Å². The average Bonchev–Trinajstić information content (AvgIpc) is 2.76. The van der Waals surface area contributed by atoms with Crippen LogP contribution in [0.15, 0.2) is 59.3 Å². The molecule has 0 aromatic carbocycles. The standard InChI is InChI=1S/C32H56O6S2/c1-15-22(10)30(27(16-2)19(4)5)26(14)32(40(36,37)38)24(12)18-23(11)29(20(6)7)28(17-3)25(13)31(21(8)9)39(33,34)35/h18,22-23,25,27-29,31-32H,4,6,8,15-17H2,1-3,5,7,9-14H3,(H,33,34,35)(H,36,37,38)/b24-18+,30-26-. The Morgan fingerprint density at radius 1 is 0.750 bits per heavy atom. The van der Waals surface area contributed by atoms with Crippen molar-refractivity contribution in [2.75, 3.05) is 0 Å². The number of hydrogen-bond donors (Lipinski definition) is 2. The maximum Gasteiger partial charge on any atom is 0.275 e. The highest BCUT2D eigenvalue weighted by atomic mass is 32.2. The highest BCUT2D eigenvalue weighted by Gasteiger charge is 2.40. The van der Waals surface area contributed by atoms with Gasteiger partial charge in [-0.05, 0) is 82.6 Å². The molecule has 0 aliphatic heterocycles. The molecule has 0 heterocycles. The quantitative estimate of drug-likeness (QED) is 0.128. The van der Waals surface area contributed by atoms with Gasteiger partial charge in [0.1, 0.15) is 10.5 Å². The lowest BCUT2D eigenvalue weighted by Gasteiger charge is -2.38. The van der Waals surface area contributed by atoms with Crippen LogP contribution in [0.4, 0.5) is 0 Å². The first-order valence-electron chi connectivity index (χ1n) is 14.4. The fourth-order valence-electron chi connectivity index (χ4n) is 6.97. The molecule has 0 radical (unpaired) electrons. The molecule has 0 saturated heterocycles. The molecule has 0 rings (SSSR count). The first kappa shape index (κ1) is 38.5. The van der Waals surface area contributed by atoms with Gasteiger partial charge in [-0.25, -0.2) is 0 Å². The van der Waals surface area contributed by atoms with Gasteiger partial charge in [0.15, 0.2) is 0 Å².